The molecule has 1 atom stereocenters. The number of aliphatic hydroxyl groups excluding tert-OH is 1. The van der Waals surface area contributed by atoms with Crippen molar-refractivity contribution in [2.24, 2.45) is 0 Å². The number of aliphatic hydroxyl groups is 1. The second-order valence-corrected chi connectivity index (χ2v) is 3.11. The summed E-state index contributed by atoms with van der Waals surface area (Å²) in [6.07, 6.45) is -1.31. The van der Waals surface area contributed by atoms with Crippen LogP contribution in [0, 0.1) is 17.5 Å². The molecule has 0 saturated heterocycles. The highest BCUT2D eigenvalue weighted by Crippen LogP contribution is 2.21. The van der Waals surface area contributed by atoms with E-state index in [4.69, 9.17) is 0 Å². The quantitative estimate of drug-likeness (QED) is 0.808. The van der Waals surface area contributed by atoms with Crippen LogP contribution < -0.4 is 5.32 Å². The molecule has 0 amide bonds. The van der Waals surface area contributed by atoms with E-state index in [1.807, 2.05) is 0 Å². The van der Waals surface area contributed by atoms with Gasteiger partial charge in [-0.25, -0.2) is 13.2 Å². The second kappa shape index (κ2) is 5.14. The van der Waals surface area contributed by atoms with Crippen molar-refractivity contribution in [2.45, 2.75) is 13.0 Å². The summed E-state index contributed by atoms with van der Waals surface area (Å²) >= 11 is 0. The summed E-state index contributed by atoms with van der Waals surface area (Å²) in [6.45, 7) is 2.39. The van der Waals surface area contributed by atoms with Crippen molar-refractivity contribution >= 4 is 0 Å². The summed E-state index contributed by atoms with van der Waals surface area (Å²) < 4.78 is 38.8. The highest BCUT2D eigenvalue weighted by molar-refractivity contribution is 5.23. The molecular weight excluding hydrogens is 207 g/mol. The highest BCUT2D eigenvalue weighted by atomic mass is 19.1. The van der Waals surface area contributed by atoms with Gasteiger partial charge in [0.15, 0.2) is 0 Å². The van der Waals surface area contributed by atoms with Crippen LogP contribution in [0.5, 0.6) is 0 Å². The first-order valence-corrected chi connectivity index (χ1v) is 4.59. The third kappa shape index (κ3) is 2.94. The Morgan fingerprint density at radius 2 is 1.80 bits per heavy atom. The molecule has 0 aliphatic rings. The maximum absolute atomic E-state index is 13.1. The van der Waals surface area contributed by atoms with E-state index in [-0.39, 0.29) is 6.54 Å². The van der Waals surface area contributed by atoms with Crippen LogP contribution in [0.1, 0.15) is 18.6 Å². The molecule has 1 rings (SSSR count). The van der Waals surface area contributed by atoms with Gasteiger partial charge in [0.05, 0.1) is 11.7 Å². The topological polar surface area (TPSA) is 32.3 Å². The molecule has 0 bridgehead atoms. The number of hydrogen-bond acceptors (Lipinski definition) is 2. The van der Waals surface area contributed by atoms with Crippen molar-refractivity contribution in [1.82, 2.24) is 5.32 Å². The van der Waals surface area contributed by atoms with Crippen LogP contribution in [-0.4, -0.2) is 18.2 Å². The summed E-state index contributed by atoms with van der Waals surface area (Å²) in [6, 6.07) is 1.10. The maximum Gasteiger partial charge on any atom is 0.134 e. The van der Waals surface area contributed by atoms with E-state index >= 15 is 0 Å². The normalized spacial score (nSPS) is 12.9. The Labute approximate surface area is 85.7 Å². The molecule has 0 aromatic heterocycles. The van der Waals surface area contributed by atoms with Crippen LogP contribution in [0.4, 0.5) is 13.2 Å². The third-order valence-corrected chi connectivity index (χ3v) is 1.96. The molecule has 0 saturated carbocycles. The predicted molar refractivity (Wildman–Crippen MR) is 49.8 cm³/mol. The Morgan fingerprint density at radius 3 is 2.27 bits per heavy atom. The summed E-state index contributed by atoms with van der Waals surface area (Å²) in [5.41, 5.74) is -0.502. The average Bonchev–Trinajstić information content (AvgIpc) is 2.12. The molecule has 1 aromatic carbocycles. The SMILES string of the molecule is CCNCC(O)c1c(F)cc(F)cc1F. The molecule has 0 aliphatic heterocycles. The van der Waals surface area contributed by atoms with E-state index in [1.54, 1.807) is 6.92 Å². The molecule has 15 heavy (non-hydrogen) atoms. The molecule has 0 spiro atoms. The van der Waals surface area contributed by atoms with Crippen LogP contribution in [0.25, 0.3) is 0 Å². The van der Waals surface area contributed by atoms with Crippen LogP contribution >= 0.6 is 0 Å². The van der Waals surface area contributed by atoms with E-state index in [9.17, 15) is 18.3 Å². The largest absolute Gasteiger partial charge is 0.387 e. The predicted octanol–water partition coefficient (Wildman–Crippen LogP) is 1.75. The van der Waals surface area contributed by atoms with Gasteiger partial charge in [-0.3, -0.25) is 0 Å². The number of rotatable bonds is 4. The lowest BCUT2D eigenvalue weighted by atomic mass is 10.1. The van der Waals surface area contributed by atoms with Crippen molar-refractivity contribution < 1.29 is 18.3 Å². The van der Waals surface area contributed by atoms with Crippen LogP contribution in [-0.2, 0) is 0 Å². The zero-order valence-electron chi connectivity index (χ0n) is 8.23. The standard InChI is InChI=1S/C10H12F3NO/c1-2-14-5-9(15)10-7(12)3-6(11)4-8(10)13/h3-4,9,14-15H,2,5H2,1H3. The number of hydrogen-bond donors (Lipinski definition) is 2. The van der Waals surface area contributed by atoms with E-state index in [0.29, 0.717) is 18.7 Å². The van der Waals surface area contributed by atoms with E-state index < -0.39 is 29.1 Å². The van der Waals surface area contributed by atoms with E-state index in [1.165, 1.54) is 0 Å². The van der Waals surface area contributed by atoms with Crippen molar-refractivity contribution in [3.63, 3.8) is 0 Å². The molecule has 1 unspecified atom stereocenters. The van der Waals surface area contributed by atoms with Crippen LogP contribution in [0.15, 0.2) is 12.1 Å². The first-order chi connectivity index (χ1) is 7.06. The zero-order chi connectivity index (χ0) is 11.4. The minimum absolute atomic E-state index is 0.0238. The van der Waals surface area contributed by atoms with Crippen LogP contribution in [0.2, 0.25) is 0 Å². The minimum atomic E-state index is -1.31. The van der Waals surface area contributed by atoms with Crippen molar-refractivity contribution in [2.75, 3.05) is 13.1 Å². The molecule has 0 aliphatic carbocycles. The molecular formula is C10H12F3NO. The van der Waals surface area contributed by atoms with Gasteiger partial charge >= 0.3 is 0 Å². The highest BCUT2D eigenvalue weighted by Gasteiger charge is 2.18. The van der Waals surface area contributed by atoms with E-state index in [0.717, 1.165) is 0 Å². The van der Waals surface area contributed by atoms with Gasteiger partial charge in [-0.1, -0.05) is 6.92 Å². The Bertz CT molecular complexity index is 320. The average molecular weight is 219 g/mol. The fraction of sp³-hybridized carbons (Fsp3) is 0.400. The Morgan fingerprint density at radius 1 is 1.27 bits per heavy atom. The number of nitrogens with one attached hydrogen (secondary N) is 1. The van der Waals surface area contributed by atoms with Gasteiger partial charge in [0.25, 0.3) is 0 Å². The summed E-state index contributed by atoms with van der Waals surface area (Å²) in [5.74, 6) is -3.14. The Balaban J connectivity index is 2.92. The lowest BCUT2D eigenvalue weighted by molar-refractivity contribution is 0.165. The Hall–Kier alpha value is -1.07. The van der Waals surface area contributed by atoms with Gasteiger partial charge in [0.2, 0.25) is 0 Å². The fourth-order valence-electron chi connectivity index (χ4n) is 1.25. The number of likely N-dealkylation sites (N-methyl/N-ethyl adjacent to an activating group) is 1. The first kappa shape index (κ1) is 12.0. The van der Waals surface area contributed by atoms with Gasteiger partial charge in [-0.15, -0.1) is 0 Å². The van der Waals surface area contributed by atoms with Crippen molar-refractivity contribution in [1.29, 1.82) is 0 Å². The molecule has 1 aromatic rings. The lowest BCUT2D eigenvalue weighted by Gasteiger charge is -2.13. The molecule has 0 radical (unpaired) electrons. The summed E-state index contributed by atoms with van der Waals surface area (Å²) in [4.78, 5) is 0. The van der Waals surface area contributed by atoms with Crippen molar-refractivity contribution in [3.05, 3.63) is 35.1 Å². The molecule has 0 fully saturated rings. The summed E-state index contributed by atoms with van der Waals surface area (Å²) in [7, 11) is 0. The van der Waals surface area contributed by atoms with Gasteiger partial charge in [0, 0.05) is 18.7 Å². The van der Waals surface area contributed by atoms with E-state index in [2.05, 4.69) is 5.32 Å². The van der Waals surface area contributed by atoms with Gasteiger partial charge in [-0.2, -0.15) is 0 Å². The molecule has 5 heteroatoms. The lowest BCUT2D eigenvalue weighted by Crippen LogP contribution is -2.22. The fourth-order valence-corrected chi connectivity index (χ4v) is 1.25. The van der Waals surface area contributed by atoms with Gasteiger partial charge in [-0.05, 0) is 6.54 Å². The number of halogens is 3. The summed E-state index contributed by atoms with van der Waals surface area (Å²) in [5, 5.41) is 12.2. The minimum Gasteiger partial charge on any atom is -0.387 e. The van der Waals surface area contributed by atoms with Gasteiger partial charge in [0.1, 0.15) is 17.5 Å². The molecule has 0 heterocycles. The number of benzene rings is 1. The molecule has 2 nitrogen and oxygen atoms in total. The Kier molecular flexibility index (Phi) is 4.11. The smallest absolute Gasteiger partial charge is 0.134 e. The van der Waals surface area contributed by atoms with Crippen LogP contribution in [0.3, 0.4) is 0 Å². The van der Waals surface area contributed by atoms with Gasteiger partial charge < -0.3 is 10.4 Å². The second-order valence-electron chi connectivity index (χ2n) is 3.11. The maximum atomic E-state index is 13.1. The molecule has 84 valence electrons. The monoisotopic (exact) mass is 219 g/mol. The first-order valence-electron chi connectivity index (χ1n) is 4.59. The third-order valence-electron chi connectivity index (χ3n) is 1.96. The van der Waals surface area contributed by atoms with Crippen molar-refractivity contribution in [3.8, 4) is 0 Å². The molecule has 2 N–H and O–H groups in total. The zero-order valence-corrected chi connectivity index (χ0v) is 8.23.